The number of aryl methyl sites for hydroxylation is 2. The molecule has 0 heterocycles. The van der Waals surface area contributed by atoms with Gasteiger partial charge in [0.05, 0.1) is 19.9 Å². The van der Waals surface area contributed by atoms with Crippen LogP contribution in [0.25, 0.3) is 0 Å². The number of carbonyl (C=O) groups excluding carboxylic acids is 1. The molecule has 2 aromatic carbocycles. The van der Waals surface area contributed by atoms with Crippen LogP contribution >= 0.6 is 0 Å². The quantitative estimate of drug-likeness (QED) is 0.877. The Bertz CT molecular complexity index is 707. The topological polar surface area (TPSA) is 56.8 Å². The third kappa shape index (κ3) is 4.41. The maximum absolute atomic E-state index is 12.4. The van der Waals surface area contributed by atoms with E-state index in [1.165, 1.54) is 0 Å². The van der Waals surface area contributed by atoms with E-state index in [1.807, 2.05) is 26.0 Å². The molecule has 0 saturated carbocycles. The van der Waals surface area contributed by atoms with Crippen molar-refractivity contribution in [2.75, 3.05) is 19.5 Å². The number of amides is 1. The van der Waals surface area contributed by atoms with Gasteiger partial charge in [0.25, 0.3) is 5.91 Å². The second-order valence-electron chi connectivity index (χ2n) is 5.64. The fraction of sp³-hybridized carbons (Fsp3) is 0.316. The molecule has 0 aromatic heterocycles. The summed E-state index contributed by atoms with van der Waals surface area (Å²) in [5.74, 6) is 1.61. The summed E-state index contributed by atoms with van der Waals surface area (Å²) in [4.78, 5) is 12.4. The Kier molecular flexibility index (Phi) is 5.68. The van der Waals surface area contributed by atoms with Crippen molar-refractivity contribution < 1.29 is 19.0 Å². The van der Waals surface area contributed by atoms with Gasteiger partial charge in [-0.05, 0) is 56.2 Å². The Balaban J connectivity index is 2.08. The highest BCUT2D eigenvalue weighted by molar-refractivity contribution is 5.95. The first-order chi connectivity index (χ1) is 11.4. The second-order valence-corrected chi connectivity index (χ2v) is 5.64. The minimum atomic E-state index is -0.641. The Morgan fingerprint density at radius 1 is 0.958 bits per heavy atom. The summed E-state index contributed by atoms with van der Waals surface area (Å²) in [6.45, 7) is 5.70. The van der Waals surface area contributed by atoms with Gasteiger partial charge in [0.15, 0.2) is 6.10 Å². The molecule has 0 fully saturated rings. The van der Waals surface area contributed by atoms with Crippen molar-refractivity contribution in [3.05, 3.63) is 47.5 Å². The zero-order valence-corrected chi connectivity index (χ0v) is 14.7. The van der Waals surface area contributed by atoms with Crippen molar-refractivity contribution in [2.45, 2.75) is 26.9 Å². The van der Waals surface area contributed by atoms with Gasteiger partial charge in [-0.3, -0.25) is 4.79 Å². The Hall–Kier alpha value is -2.69. The van der Waals surface area contributed by atoms with Crippen LogP contribution in [0.3, 0.4) is 0 Å². The fourth-order valence-corrected chi connectivity index (χ4v) is 2.39. The average molecular weight is 329 g/mol. The van der Waals surface area contributed by atoms with Gasteiger partial charge >= 0.3 is 0 Å². The minimum Gasteiger partial charge on any atom is -0.497 e. The van der Waals surface area contributed by atoms with E-state index >= 15 is 0 Å². The van der Waals surface area contributed by atoms with Crippen LogP contribution in [-0.2, 0) is 4.79 Å². The molecule has 0 saturated heterocycles. The number of methoxy groups -OCH3 is 2. The molecular formula is C19H23NO4. The summed E-state index contributed by atoms with van der Waals surface area (Å²) in [6, 6.07) is 11.1. The molecule has 1 amide bonds. The number of anilines is 1. The minimum absolute atomic E-state index is 0.252. The summed E-state index contributed by atoms with van der Waals surface area (Å²) in [5, 5.41) is 2.82. The molecule has 128 valence electrons. The maximum atomic E-state index is 12.4. The van der Waals surface area contributed by atoms with E-state index in [4.69, 9.17) is 14.2 Å². The number of hydrogen-bond donors (Lipinski definition) is 1. The highest BCUT2D eigenvalue weighted by atomic mass is 16.5. The van der Waals surface area contributed by atoms with E-state index in [9.17, 15) is 4.79 Å². The Morgan fingerprint density at radius 3 is 2.21 bits per heavy atom. The molecule has 2 rings (SSSR count). The molecule has 1 N–H and O–H groups in total. The predicted octanol–water partition coefficient (Wildman–Crippen LogP) is 3.73. The lowest BCUT2D eigenvalue weighted by Crippen LogP contribution is -2.30. The molecule has 0 radical (unpaired) electrons. The van der Waals surface area contributed by atoms with Crippen molar-refractivity contribution in [1.29, 1.82) is 0 Å². The van der Waals surface area contributed by atoms with Gasteiger partial charge in [-0.2, -0.15) is 0 Å². The maximum Gasteiger partial charge on any atom is 0.265 e. The molecule has 1 atom stereocenters. The lowest BCUT2D eigenvalue weighted by molar-refractivity contribution is -0.122. The van der Waals surface area contributed by atoms with Gasteiger partial charge in [0.1, 0.15) is 17.2 Å². The van der Waals surface area contributed by atoms with Gasteiger partial charge in [-0.25, -0.2) is 0 Å². The first-order valence-electron chi connectivity index (χ1n) is 7.70. The molecule has 0 aliphatic heterocycles. The second kappa shape index (κ2) is 7.73. The smallest absolute Gasteiger partial charge is 0.265 e. The first-order valence-corrected chi connectivity index (χ1v) is 7.70. The molecule has 5 heteroatoms. The fourth-order valence-electron chi connectivity index (χ4n) is 2.39. The molecule has 0 aliphatic rings. The van der Waals surface area contributed by atoms with E-state index < -0.39 is 6.10 Å². The van der Waals surface area contributed by atoms with Crippen LogP contribution in [0.5, 0.6) is 17.2 Å². The van der Waals surface area contributed by atoms with Crippen LogP contribution in [0.2, 0.25) is 0 Å². The van der Waals surface area contributed by atoms with Crippen LogP contribution < -0.4 is 19.5 Å². The van der Waals surface area contributed by atoms with Gasteiger partial charge in [-0.1, -0.05) is 6.07 Å². The van der Waals surface area contributed by atoms with Gasteiger partial charge in [0, 0.05) is 6.07 Å². The molecule has 2 aromatic rings. The van der Waals surface area contributed by atoms with Crippen LogP contribution in [0, 0.1) is 13.8 Å². The summed E-state index contributed by atoms with van der Waals surface area (Å²) < 4.78 is 16.2. The van der Waals surface area contributed by atoms with Gasteiger partial charge in [-0.15, -0.1) is 0 Å². The molecule has 0 spiro atoms. The third-order valence-corrected chi connectivity index (χ3v) is 3.54. The van der Waals surface area contributed by atoms with Crippen LogP contribution in [0.4, 0.5) is 5.69 Å². The van der Waals surface area contributed by atoms with E-state index in [0.29, 0.717) is 22.9 Å². The van der Waals surface area contributed by atoms with E-state index in [-0.39, 0.29) is 5.91 Å². The van der Waals surface area contributed by atoms with E-state index in [1.54, 1.807) is 39.3 Å². The molecule has 0 unspecified atom stereocenters. The zero-order valence-electron chi connectivity index (χ0n) is 14.7. The third-order valence-electron chi connectivity index (χ3n) is 3.54. The molecule has 0 bridgehead atoms. The average Bonchev–Trinajstić information content (AvgIpc) is 2.54. The largest absolute Gasteiger partial charge is 0.497 e. The van der Waals surface area contributed by atoms with Crippen molar-refractivity contribution in [1.82, 2.24) is 0 Å². The Labute approximate surface area is 142 Å². The van der Waals surface area contributed by atoms with Crippen LogP contribution in [0.1, 0.15) is 18.1 Å². The summed E-state index contributed by atoms with van der Waals surface area (Å²) >= 11 is 0. The van der Waals surface area contributed by atoms with E-state index in [2.05, 4.69) is 11.4 Å². The number of nitrogens with one attached hydrogen (secondary N) is 1. The predicted molar refractivity (Wildman–Crippen MR) is 94.2 cm³/mol. The standard InChI is InChI=1S/C19H23NO4/c1-12-8-13(2)10-16(9-12)24-14(3)19(21)20-17-7-6-15(22-4)11-18(17)23-5/h6-11,14H,1-5H3,(H,20,21)/t14-/m0/s1. The van der Waals surface area contributed by atoms with Crippen LogP contribution in [-0.4, -0.2) is 26.2 Å². The number of benzene rings is 2. The first kappa shape index (κ1) is 17.7. The van der Waals surface area contributed by atoms with Crippen molar-refractivity contribution in [3.8, 4) is 17.2 Å². The molecule has 0 aliphatic carbocycles. The van der Waals surface area contributed by atoms with E-state index in [0.717, 1.165) is 11.1 Å². The lowest BCUT2D eigenvalue weighted by Gasteiger charge is -2.17. The number of rotatable bonds is 6. The monoisotopic (exact) mass is 329 g/mol. The summed E-state index contributed by atoms with van der Waals surface area (Å²) in [5.41, 5.74) is 2.75. The molecule has 24 heavy (non-hydrogen) atoms. The highest BCUT2D eigenvalue weighted by Crippen LogP contribution is 2.29. The van der Waals surface area contributed by atoms with Crippen molar-refractivity contribution >= 4 is 11.6 Å². The summed E-state index contributed by atoms with van der Waals surface area (Å²) in [7, 11) is 3.12. The number of ether oxygens (including phenoxy) is 3. The van der Waals surface area contributed by atoms with Gasteiger partial charge < -0.3 is 19.5 Å². The normalized spacial score (nSPS) is 11.5. The molecular weight excluding hydrogens is 306 g/mol. The zero-order chi connectivity index (χ0) is 17.7. The number of carbonyl (C=O) groups is 1. The van der Waals surface area contributed by atoms with Crippen molar-refractivity contribution in [2.24, 2.45) is 0 Å². The Morgan fingerprint density at radius 2 is 1.62 bits per heavy atom. The lowest BCUT2D eigenvalue weighted by atomic mass is 10.1. The van der Waals surface area contributed by atoms with Crippen LogP contribution in [0.15, 0.2) is 36.4 Å². The van der Waals surface area contributed by atoms with Gasteiger partial charge in [0.2, 0.25) is 0 Å². The molecule has 5 nitrogen and oxygen atoms in total. The highest BCUT2D eigenvalue weighted by Gasteiger charge is 2.17. The van der Waals surface area contributed by atoms with Crippen molar-refractivity contribution in [3.63, 3.8) is 0 Å². The SMILES string of the molecule is COc1ccc(NC(=O)[C@H](C)Oc2cc(C)cc(C)c2)c(OC)c1. The number of hydrogen-bond acceptors (Lipinski definition) is 4. The summed E-state index contributed by atoms with van der Waals surface area (Å²) in [6.07, 6.45) is -0.641.